The molecule has 2 aliphatic carbocycles. The van der Waals surface area contributed by atoms with E-state index < -0.39 is 5.82 Å². The van der Waals surface area contributed by atoms with Crippen molar-refractivity contribution in [3.8, 4) is 29.0 Å². The number of likely N-dealkylation sites (tertiary alicyclic amines) is 1. The molecular formula is C38H46FN9O2. The third kappa shape index (κ3) is 6.30. The molecule has 3 saturated heterocycles. The standard InChI is InChI=1S/C38H46FN9O2/c1-24(2)35(28-15-30(16-28)46-12-10-45(11-13-46)25(3)49)48-21-38(22-48)8-9-47(20-38)36-37(44-43-23-42-36)50-33-7-6-29(39)17-32(33)34-31(27-4-5-27)14-26(18-40)19-41-34/h6-7,14,17,19,23-24,27-28,30,35H,4-5,8-13,15-16,20-22H2,1-3H3/t28?,30?,35-/m1/s1. The van der Waals surface area contributed by atoms with Gasteiger partial charge in [0, 0.05) is 88.5 Å². The van der Waals surface area contributed by atoms with E-state index in [0.29, 0.717) is 64.1 Å². The van der Waals surface area contributed by atoms with Crippen LogP contribution in [-0.2, 0) is 4.79 Å². The van der Waals surface area contributed by atoms with E-state index in [1.54, 1.807) is 13.0 Å². The molecule has 3 aliphatic heterocycles. The average molecular weight is 680 g/mol. The number of anilines is 1. The molecule has 1 spiro atoms. The molecule has 50 heavy (non-hydrogen) atoms. The molecule has 0 radical (unpaired) electrons. The number of hydrogen-bond acceptors (Lipinski definition) is 10. The fourth-order valence-electron chi connectivity index (χ4n) is 9.17. The van der Waals surface area contributed by atoms with Crippen molar-refractivity contribution in [2.45, 2.75) is 70.9 Å². The number of ether oxygens (including phenoxy) is 1. The molecule has 12 heteroatoms. The van der Waals surface area contributed by atoms with Crippen molar-refractivity contribution in [1.29, 1.82) is 5.26 Å². The Morgan fingerprint density at radius 2 is 1.84 bits per heavy atom. The summed E-state index contributed by atoms with van der Waals surface area (Å²) in [5.74, 6) is 2.77. The summed E-state index contributed by atoms with van der Waals surface area (Å²) < 4.78 is 21.1. The smallest absolute Gasteiger partial charge is 0.282 e. The van der Waals surface area contributed by atoms with E-state index in [0.717, 1.165) is 77.2 Å². The minimum absolute atomic E-state index is 0.189. The zero-order valence-corrected chi connectivity index (χ0v) is 29.3. The van der Waals surface area contributed by atoms with Crippen LogP contribution in [-0.4, -0.2) is 105 Å². The lowest BCUT2D eigenvalue weighted by Crippen LogP contribution is -2.66. The van der Waals surface area contributed by atoms with E-state index >= 15 is 0 Å². The Hall–Kier alpha value is -4.21. The molecule has 0 N–H and O–H groups in total. The summed E-state index contributed by atoms with van der Waals surface area (Å²) in [7, 11) is 0. The maximum absolute atomic E-state index is 14.7. The number of carbonyl (C=O) groups excluding carboxylic acids is 1. The summed E-state index contributed by atoms with van der Waals surface area (Å²) >= 11 is 0. The van der Waals surface area contributed by atoms with Gasteiger partial charge in [0.15, 0.2) is 5.82 Å². The first kappa shape index (κ1) is 33.0. The Morgan fingerprint density at radius 3 is 2.54 bits per heavy atom. The molecule has 5 heterocycles. The second kappa shape index (κ2) is 13.2. The second-order valence-electron chi connectivity index (χ2n) is 15.6. The molecule has 2 saturated carbocycles. The molecule has 0 bridgehead atoms. The first-order valence-electron chi connectivity index (χ1n) is 18.2. The number of aromatic nitrogens is 4. The summed E-state index contributed by atoms with van der Waals surface area (Å²) in [6.07, 6.45) is 8.59. The van der Waals surface area contributed by atoms with Gasteiger partial charge in [-0.15, -0.1) is 10.2 Å². The van der Waals surface area contributed by atoms with Crippen LogP contribution in [0.3, 0.4) is 0 Å². The highest BCUT2D eigenvalue weighted by Gasteiger charge is 2.53. The number of nitrogens with zero attached hydrogens (tertiary/aromatic N) is 9. The lowest BCUT2D eigenvalue weighted by Gasteiger charge is -2.58. The predicted molar refractivity (Wildman–Crippen MR) is 186 cm³/mol. The van der Waals surface area contributed by atoms with Gasteiger partial charge >= 0.3 is 0 Å². The fraction of sp³-hybridized carbons (Fsp3) is 0.579. The lowest BCUT2D eigenvalue weighted by molar-refractivity contribution is -0.132. The van der Waals surface area contributed by atoms with E-state index in [1.165, 1.54) is 37.5 Å². The molecule has 5 fully saturated rings. The van der Waals surface area contributed by atoms with Gasteiger partial charge in [-0.1, -0.05) is 13.8 Å². The number of hydrogen-bond donors (Lipinski definition) is 0. The summed E-state index contributed by atoms with van der Waals surface area (Å²) in [6.45, 7) is 14.0. The Kier molecular flexibility index (Phi) is 8.68. The number of pyridine rings is 1. The van der Waals surface area contributed by atoms with E-state index in [1.807, 2.05) is 11.0 Å². The minimum Gasteiger partial charge on any atom is -0.434 e. The van der Waals surface area contributed by atoms with Crippen molar-refractivity contribution in [2.24, 2.45) is 17.3 Å². The van der Waals surface area contributed by atoms with Crippen molar-refractivity contribution < 1.29 is 13.9 Å². The number of piperazine rings is 1. The van der Waals surface area contributed by atoms with Gasteiger partial charge in [-0.05, 0) is 79.7 Å². The van der Waals surface area contributed by atoms with Crippen LogP contribution < -0.4 is 9.64 Å². The van der Waals surface area contributed by atoms with Gasteiger partial charge in [0.1, 0.15) is 24.0 Å². The molecule has 1 amide bonds. The third-order valence-corrected chi connectivity index (χ3v) is 11.9. The number of rotatable bonds is 9. The molecule has 11 nitrogen and oxygen atoms in total. The van der Waals surface area contributed by atoms with Crippen LogP contribution in [0.4, 0.5) is 10.2 Å². The third-order valence-electron chi connectivity index (χ3n) is 11.9. The largest absolute Gasteiger partial charge is 0.434 e. The van der Waals surface area contributed by atoms with E-state index in [9.17, 15) is 14.4 Å². The summed E-state index contributed by atoms with van der Waals surface area (Å²) in [4.78, 5) is 30.6. The van der Waals surface area contributed by atoms with Crippen LogP contribution in [0.25, 0.3) is 11.3 Å². The maximum Gasteiger partial charge on any atom is 0.282 e. The zero-order chi connectivity index (χ0) is 34.6. The van der Waals surface area contributed by atoms with Crippen LogP contribution in [0.5, 0.6) is 11.6 Å². The molecule has 1 atom stereocenters. The normalized spacial score (nSPS) is 24.2. The van der Waals surface area contributed by atoms with Crippen molar-refractivity contribution >= 4 is 11.7 Å². The number of carbonyl (C=O) groups is 1. The number of amides is 1. The molecule has 2 aromatic heterocycles. The Labute approximate surface area is 293 Å². The number of nitriles is 1. The second-order valence-corrected chi connectivity index (χ2v) is 15.6. The summed E-state index contributed by atoms with van der Waals surface area (Å²) in [6, 6.07) is 9.69. The van der Waals surface area contributed by atoms with Gasteiger partial charge in [0.25, 0.3) is 5.88 Å². The van der Waals surface area contributed by atoms with Gasteiger partial charge in [-0.2, -0.15) is 5.26 Å². The number of halogens is 1. The zero-order valence-electron chi connectivity index (χ0n) is 29.3. The highest BCUT2D eigenvalue weighted by Crippen LogP contribution is 2.49. The summed E-state index contributed by atoms with van der Waals surface area (Å²) in [5.41, 5.74) is 2.79. The van der Waals surface area contributed by atoms with Gasteiger partial charge in [-0.3, -0.25) is 19.6 Å². The molecule has 3 aromatic rings. The molecule has 1 aromatic carbocycles. The molecule has 8 rings (SSSR count). The molecular weight excluding hydrogens is 633 g/mol. The Bertz CT molecular complexity index is 1790. The number of benzene rings is 1. The predicted octanol–water partition coefficient (Wildman–Crippen LogP) is 5.09. The Morgan fingerprint density at radius 1 is 1.06 bits per heavy atom. The van der Waals surface area contributed by atoms with Crippen LogP contribution >= 0.6 is 0 Å². The fourth-order valence-corrected chi connectivity index (χ4v) is 9.17. The van der Waals surface area contributed by atoms with Gasteiger partial charge in [0.2, 0.25) is 5.91 Å². The van der Waals surface area contributed by atoms with Crippen molar-refractivity contribution in [3.63, 3.8) is 0 Å². The van der Waals surface area contributed by atoms with Gasteiger partial charge < -0.3 is 14.5 Å². The monoisotopic (exact) mass is 679 g/mol. The highest BCUT2D eigenvalue weighted by atomic mass is 19.1. The van der Waals surface area contributed by atoms with Crippen molar-refractivity contribution in [2.75, 3.05) is 57.3 Å². The average Bonchev–Trinajstić information content (AvgIpc) is 3.84. The van der Waals surface area contributed by atoms with Crippen LogP contribution in [0, 0.1) is 34.4 Å². The van der Waals surface area contributed by atoms with Gasteiger partial charge in [0.05, 0.1) is 11.3 Å². The Balaban J connectivity index is 0.934. The molecule has 262 valence electrons. The quantitative estimate of drug-likeness (QED) is 0.303. The van der Waals surface area contributed by atoms with E-state index in [4.69, 9.17) is 4.74 Å². The lowest BCUT2D eigenvalue weighted by atomic mass is 9.68. The summed E-state index contributed by atoms with van der Waals surface area (Å²) in [5, 5.41) is 17.9. The van der Waals surface area contributed by atoms with Crippen LogP contribution in [0.2, 0.25) is 0 Å². The molecule has 0 unspecified atom stereocenters. The van der Waals surface area contributed by atoms with Crippen molar-refractivity contribution in [3.05, 3.63) is 53.7 Å². The van der Waals surface area contributed by atoms with E-state index in [2.05, 4.69) is 54.8 Å². The first-order chi connectivity index (χ1) is 24.2. The van der Waals surface area contributed by atoms with Crippen molar-refractivity contribution in [1.82, 2.24) is 34.9 Å². The van der Waals surface area contributed by atoms with Crippen LogP contribution in [0.1, 0.15) is 69.9 Å². The first-order valence-corrected chi connectivity index (χ1v) is 18.2. The topological polar surface area (TPSA) is 115 Å². The van der Waals surface area contributed by atoms with E-state index in [-0.39, 0.29) is 11.3 Å². The SMILES string of the molecule is CC(=O)N1CCN(C2CC([C@@H](C(C)C)N3CC4(CCN(c5ncnnc5Oc5ccc(F)cc5-c5ncc(C#N)cc5C5CC5)C4)C3)C2)CC1. The minimum atomic E-state index is -0.390. The highest BCUT2D eigenvalue weighted by molar-refractivity contribution is 5.73. The molecule has 5 aliphatic rings. The van der Waals surface area contributed by atoms with Crippen LogP contribution in [0.15, 0.2) is 36.8 Å². The van der Waals surface area contributed by atoms with Gasteiger partial charge in [-0.25, -0.2) is 9.37 Å². The maximum atomic E-state index is 14.7.